The summed E-state index contributed by atoms with van der Waals surface area (Å²) in [6.07, 6.45) is 8.98. The summed E-state index contributed by atoms with van der Waals surface area (Å²) < 4.78 is 0. The minimum Gasteiger partial charge on any atom is -0.301 e. The van der Waals surface area contributed by atoms with Gasteiger partial charge in [-0.25, -0.2) is 0 Å². The first-order valence-corrected chi connectivity index (χ1v) is 12.4. The Kier molecular flexibility index (Phi) is 9.00. The molecular formula is C28H37ClN2. The van der Waals surface area contributed by atoms with Crippen LogP contribution >= 0.6 is 11.6 Å². The molecule has 1 aliphatic carbocycles. The van der Waals surface area contributed by atoms with E-state index in [1.54, 1.807) is 0 Å². The topological polar surface area (TPSA) is 27.0 Å². The van der Waals surface area contributed by atoms with Crippen LogP contribution in [0.15, 0.2) is 54.6 Å². The molecule has 0 aromatic heterocycles. The molecule has 0 heterocycles. The second-order valence-corrected chi connectivity index (χ2v) is 9.56. The van der Waals surface area contributed by atoms with E-state index in [0.29, 0.717) is 12.0 Å². The lowest BCUT2D eigenvalue weighted by atomic mass is 9.63. The highest BCUT2D eigenvalue weighted by molar-refractivity contribution is 6.31. The summed E-state index contributed by atoms with van der Waals surface area (Å²) in [6, 6.07) is 22.0. The number of benzene rings is 2. The van der Waals surface area contributed by atoms with Crippen LogP contribution in [0, 0.1) is 17.2 Å². The predicted octanol–water partition coefficient (Wildman–Crippen LogP) is 7.41. The highest BCUT2D eigenvalue weighted by Gasteiger charge is 2.42. The van der Waals surface area contributed by atoms with E-state index < -0.39 is 5.41 Å². The molecule has 31 heavy (non-hydrogen) atoms. The van der Waals surface area contributed by atoms with E-state index in [2.05, 4.69) is 61.2 Å². The largest absolute Gasteiger partial charge is 0.301 e. The van der Waals surface area contributed by atoms with Gasteiger partial charge >= 0.3 is 0 Å². The molecule has 2 aromatic rings. The number of hydrogen-bond donors (Lipinski definition) is 0. The molecule has 0 N–H and O–H groups in total. The average molecular weight is 437 g/mol. The maximum atomic E-state index is 10.5. The first-order chi connectivity index (χ1) is 15.1. The fourth-order valence-corrected chi connectivity index (χ4v) is 5.72. The van der Waals surface area contributed by atoms with Crippen LogP contribution in [0.3, 0.4) is 0 Å². The number of hydrogen-bond acceptors (Lipinski definition) is 2. The molecule has 2 aromatic carbocycles. The number of rotatable bonds is 10. The molecule has 0 radical (unpaired) electrons. The molecule has 1 aliphatic rings. The third-order valence-corrected chi connectivity index (χ3v) is 7.70. The van der Waals surface area contributed by atoms with Crippen molar-refractivity contribution in [2.75, 3.05) is 13.1 Å². The summed E-state index contributed by atoms with van der Waals surface area (Å²) in [7, 11) is 0. The Labute approximate surface area is 194 Å². The molecule has 1 fully saturated rings. The maximum Gasteiger partial charge on any atom is 0.0865 e. The SMILES string of the molecule is CCN(CCc1ccccc1)C(C)CCC(C#N)(c1ccccc1Cl)C1CCCCC1. The summed E-state index contributed by atoms with van der Waals surface area (Å²) in [6.45, 7) is 6.65. The predicted molar refractivity (Wildman–Crippen MR) is 131 cm³/mol. The Hall–Kier alpha value is -1.82. The molecule has 166 valence electrons. The number of halogens is 1. The van der Waals surface area contributed by atoms with Crippen molar-refractivity contribution in [2.24, 2.45) is 5.92 Å². The third kappa shape index (κ3) is 5.91. The van der Waals surface area contributed by atoms with Crippen LogP contribution < -0.4 is 0 Å². The van der Waals surface area contributed by atoms with Crippen molar-refractivity contribution in [3.63, 3.8) is 0 Å². The van der Waals surface area contributed by atoms with Crippen LogP contribution in [-0.4, -0.2) is 24.0 Å². The van der Waals surface area contributed by atoms with E-state index in [0.717, 1.165) is 55.8 Å². The Balaban J connectivity index is 1.74. The van der Waals surface area contributed by atoms with Crippen LogP contribution in [-0.2, 0) is 11.8 Å². The van der Waals surface area contributed by atoms with Crippen molar-refractivity contribution in [2.45, 2.75) is 76.7 Å². The van der Waals surface area contributed by atoms with E-state index in [-0.39, 0.29) is 0 Å². The minimum atomic E-state index is -0.480. The van der Waals surface area contributed by atoms with Crippen molar-refractivity contribution in [1.82, 2.24) is 4.90 Å². The minimum absolute atomic E-state index is 0.401. The van der Waals surface area contributed by atoms with Crippen molar-refractivity contribution >= 4 is 11.6 Å². The highest BCUT2D eigenvalue weighted by atomic mass is 35.5. The van der Waals surface area contributed by atoms with Gasteiger partial charge in [-0.05, 0) is 68.7 Å². The van der Waals surface area contributed by atoms with Crippen LogP contribution in [0.1, 0.15) is 69.9 Å². The average Bonchev–Trinajstić information content (AvgIpc) is 2.82. The Morgan fingerprint density at radius 1 is 1.06 bits per heavy atom. The lowest BCUT2D eigenvalue weighted by Gasteiger charge is -2.40. The molecule has 0 aliphatic heterocycles. The molecule has 2 unspecified atom stereocenters. The Bertz CT molecular complexity index is 838. The van der Waals surface area contributed by atoms with Crippen molar-refractivity contribution in [3.8, 4) is 6.07 Å². The molecule has 1 saturated carbocycles. The standard InChI is InChI=1S/C28H37ClN2/c1-3-31(21-19-24-12-6-4-7-13-24)23(2)18-20-28(22-30,25-14-8-5-9-15-25)26-16-10-11-17-27(26)29/h4,6-7,10-13,16-17,23,25H,3,5,8-9,14-15,18-21H2,1-2H3. The number of nitriles is 1. The molecule has 3 heteroatoms. The summed E-state index contributed by atoms with van der Waals surface area (Å²) in [5.41, 5.74) is 1.95. The van der Waals surface area contributed by atoms with Gasteiger partial charge in [0.15, 0.2) is 0 Å². The lowest BCUT2D eigenvalue weighted by Crippen LogP contribution is -2.40. The van der Waals surface area contributed by atoms with Crippen LogP contribution in [0.4, 0.5) is 0 Å². The van der Waals surface area contributed by atoms with E-state index in [9.17, 15) is 5.26 Å². The van der Waals surface area contributed by atoms with Crippen LogP contribution in [0.25, 0.3) is 0 Å². The smallest absolute Gasteiger partial charge is 0.0865 e. The molecular weight excluding hydrogens is 400 g/mol. The zero-order valence-corrected chi connectivity index (χ0v) is 20.0. The molecule has 0 amide bonds. The third-order valence-electron chi connectivity index (χ3n) is 7.37. The van der Waals surface area contributed by atoms with Gasteiger partial charge in [0.05, 0.1) is 11.5 Å². The number of likely N-dealkylation sites (N-methyl/N-ethyl adjacent to an activating group) is 1. The van der Waals surface area contributed by atoms with Gasteiger partial charge in [-0.15, -0.1) is 0 Å². The summed E-state index contributed by atoms with van der Waals surface area (Å²) in [5.74, 6) is 0.401. The summed E-state index contributed by atoms with van der Waals surface area (Å²) >= 11 is 6.67. The van der Waals surface area contributed by atoms with E-state index in [1.165, 1.54) is 24.8 Å². The van der Waals surface area contributed by atoms with Gasteiger partial charge in [0, 0.05) is 17.6 Å². The summed E-state index contributed by atoms with van der Waals surface area (Å²) in [4.78, 5) is 2.56. The van der Waals surface area contributed by atoms with E-state index in [1.807, 2.05) is 18.2 Å². The second kappa shape index (κ2) is 11.7. The fourth-order valence-electron chi connectivity index (χ4n) is 5.41. The fraction of sp³-hybridized carbons (Fsp3) is 0.536. The second-order valence-electron chi connectivity index (χ2n) is 9.15. The van der Waals surface area contributed by atoms with Gasteiger partial charge < -0.3 is 4.90 Å². The number of nitrogens with zero attached hydrogens (tertiary/aromatic N) is 2. The van der Waals surface area contributed by atoms with Crippen molar-refractivity contribution < 1.29 is 0 Å². The first-order valence-electron chi connectivity index (χ1n) is 12.0. The summed E-state index contributed by atoms with van der Waals surface area (Å²) in [5, 5.41) is 11.3. The van der Waals surface area contributed by atoms with Gasteiger partial charge in [0.2, 0.25) is 0 Å². The van der Waals surface area contributed by atoms with Gasteiger partial charge in [-0.1, -0.05) is 86.3 Å². The molecule has 2 atom stereocenters. The monoisotopic (exact) mass is 436 g/mol. The Morgan fingerprint density at radius 3 is 2.39 bits per heavy atom. The van der Waals surface area contributed by atoms with Crippen LogP contribution in [0.2, 0.25) is 5.02 Å². The molecule has 2 nitrogen and oxygen atoms in total. The maximum absolute atomic E-state index is 10.5. The van der Waals surface area contributed by atoms with Crippen molar-refractivity contribution in [1.29, 1.82) is 5.26 Å². The molecule has 0 spiro atoms. The quantitative estimate of drug-likeness (QED) is 0.387. The lowest BCUT2D eigenvalue weighted by molar-refractivity contribution is 0.179. The molecule has 0 bridgehead atoms. The van der Waals surface area contributed by atoms with Crippen LogP contribution in [0.5, 0.6) is 0 Å². The van der Waals surface area contributed by atoms with Crippen molar-refractivity contribution in [3.05, 3.63) is 70.7 Å². The zero-order chi connectivity index (χ0) is 22.1. The molecule has 0 saturated heterocycles. The van der Waals surface area contributed by atoms with Gasteiger partial charge in [0.25, 0.3) is 0 Å². The molecule has 3 rings (SSSR count). The highest BCUT2D eigenvalue weighted by Crippen LogP contribution is 2.46. The zero-order valence-electron chi connectivity index (χ0n) is 19.2. The van der Waals surface area contributed by atoms with E-state index >= 15 is 0 Å². The van der Waals surface area contributed by atoms with Gasteiger partial charge in [-0.3, -0.25) is 0 Å². The van der Waals surface area contributed by atoms with E-state index in [4.69, 9.17) is 11.6 Å². The van der Waals surface area contributed by atoms with Gasteiger partial charge in [-0.2, -0.15) is 5.26 Å². The Morgan fingerprint density at radius 2 is 1.74 bits per heavy atom. The van der Waals surface area contributed by atoms with Gasteiger partial charge in [0.1, 0.15) is 0 Å². The first kappa shape index (κ1) is 23.8. The normalized spacial score (nSPS) is 17.8.